The summed E-state index contributed by atoms with van der Waals surface area (Å²) >= 11 is 0. The van der Waals surface area contributed by atoms with Gasteiger partial charge in [0, 0.05) is 12.4 Å². The van der Waals surface area contributed by atoms with Gasteiger partial charge in [0.2, 0.25) is 0 Å². The number of pyridine rings is 1. The minimum Gasteiger partial charge on any atom is -0.265 e. The van der Waals surface area contributed by atoms with Gasteiger partial charge >= 0.3 is 0 Å². The summed E-state index contributed by atoms with van der Waals surface area (Å²) in [6, 6.07) is 3.82. The second kappa shape index (κ2) is 5.94. The van der Waals surface area contributed by atoms with Crippen LogP contribution >= 0.6 is 0 Å². The quantitative estimate of drug-likeness (QED) is 0.460. The Hall–Kier alpha value is -1.19. The number of hydrogen-bond acceptors (Lipinski definition) is 3. The highest BCUT2D eigenvalue weighted by Crippen LogP contribution is 1.94. The van der Waals surface area contributed by atoms with Crippen LogP contribution in [0.25, 0.3) is 6.08 Å². The van der Waals surface area contributed by atoms with Crippen LogP contribution in [0, 0.1) is 0 Å². The average molecular weight is 139 g/mol. The summed E-state index contributed by atoms with van der Waals surface area (Å²) in [6.45, 7) is 3.60. The Kier molecular flexibility index (Phi) is 5.23. The second-order valence-corrected chi connectivity index (χ2v) is 1.48. The molecule has 0 amide bonds. The summed E-state index contributed by atoms with van der Waals surface area (Å²) in [5.74, 6) is 0. The molecule has 0 aliphatic heterocycles. The summed E-state index contributed by atoms with van der Waals surface area (Å²) in [4.78, 5) is 3.85. The zero-order valence-electron chi connectivity index (χ0n) is 5.44. The van der Waals surface area contributed by atoms with Gasteiger partial charge in [-0.05, 0) is 17.7 Å². The normalized spacial score (nSPS) is 7.40. The van der Waals surface area contributed by atoms with Crippen molar-refractivity contribution in [3.8, 4) is 0 Å². The molecule has 1 rings (SSSR count). The summed E-state index contributed by atoms with van der Waals surface area (Å²) in [7, 11) is 0. The molecule has 0 saturated heterocycles. The molecule has 0 unspecified atom stereocenters. The van der Waals surface area contributed by atoms with Gasteiger partial charge in [0.15, 0.2) is 0 Å². The summed E-state index contributed by atoms with van der Waals surface area (Å²) in [5.41, 5.74) is 1.11. The molecule has 1 aromatic rings. The lowest BCUT2D eigenvalue weighted by Crippen LogP contribution is -1.69. The third-order valence-corrected chi connectivity index (χ3v) is 0.942. The maximum atomic E-state index is 6.00. The summed E-state index contributed by atoms with van der Waals surface area (Å²) in [6.07, 6.45) is 5.29. The van der Waals surface area contributed by atoms with Gasteiger partial charge in [-0.25, -0.2) is 0 Å². The Bertz CT molecular complexity index is 174. The molecule has 1 heterocycles. The van der Waals surface area contributed by atoms with Crippen molar-refractivity contribution >= 4 is 6.08 Å². The minimum atomic E-state index is 1.11. The molecule has 2 N–H and O–H groups in total. The molecule has 10 heavy (non-hydrogen) atoms. The predicted molar refractivity (Wildman–Crippen MR) is 39.6 cm³/mol. The van der Waals surface area contributed by atoms with Crippen LogP contribution in [-0.4, -0.2) is 15.5 Å². The van der Waals surface area contributed by atoms with E-state index in [1.165, 1.54) is 0 Å². The topological polar surface area (TPSA) is 53.4 Å². The maximum Gasteiger partial charge on any atom is 0.0273 e. The highest BCUT2D eigenvalue weighted by atomic mass is 17.0. The van der Waals surface area contributed by atoms with Crippen LogP contribution < -0.4 is 0 Å². The van der Waals surface area contributed by atoms with E-state index in [-0.39, 0.29) is 0 Å². The van der Waals surface area contributed by atoms with Gasteiger partial charge in [-0.3, -0.25) is 15.5 Å². The first-order chi connectivity index (χ1) is 4.93. The number of aromatic nitrogens is 1. The lowest BCUT2D eigenvalue weighted by Gasteiger charge is -1.84. The molecule has 3 heteroatoms. The van der Waals surface area contributed by atoms with Crippen molar-refractivity contribution < 1.29 is 10.5 Å². The van der Waals surface area contributed by atoms with Gasteiger partial charge in [-0.1, -0.05) is 12.7 Å². The fraction of sp³-hybridized carbons (Fsp3) is 0. The van der Waals surface area contributed by atoms with Crippen LogP contribution in [0.15, 0.2) is 31.1 Å². The average Bonchev–Trinajstić information content (AvgIpc) is 2.10. The Morgan fingerprint density at radius 1 is 1.30 bits per heavy atom. The Labute approximate surface area is 59.2 Å². The molecule has 0 spiro atoms. The van der Waals surface area contributed by atoms with E-state index >= 15 is 0 Å². The van der Waals surface area contributed by atoms with Crippen LogP contribution in [0.5, 0.6) is 0 Å². The first-order valence-electron chi connectivity index (χ1n) is 2.66. The molecule has 3 nitrogen and oxygen atoms in total. The van der Waals surface area contributed by atoms with Gasteiger partial charge < -0.3 is 0 Å². The Morgan fingerprint density at radius 2 is 1.80 bits per heavy atom. The lowest BCUT2D eigenvalue weighted by atomic mass is 10.3. The molecule has 0 radical (unpaired) electrons. The zero-order valence-corrected chi connectivity index (χ0v) is 5.44. The van der Waals surface area contributed by atoms with Crippen LogP contribution in [0.1, 0.15) is 5.56 Å². The number of nitrogens with zero attached hydrogens (tertiary/aromatic N) is 1. The molecule has 0 atom stereocenters. The van der Waals surface area contributed by atoms with E-state index in [2.05, 4.69) is 11.6 Å². The van der Waals surface area contributed by atoms with Gasteiger partial charge in [0.25, 0.3) is 0 Å². The molecular weight excluding hydrogens is 130 g/mol. The maximum absolute atomic E-state index is 6.00. The van der Waals surface area contributed by atoms with Crippen molar-refractivity contribution in [2.45, 2.75) is 0 Å². The molecule has 0 aliphatic rings. The van der Waals surface area contributed by atoms with Crippen molar-refractivity contribution in [1.82, 2.24) is 4.98 Å². The van der Waals surface area contributed by atoms with Crippen molar-refractivity contribution in [1.29, 1.82) is 0 Å². The van der Waals surface area contributed by atoms with Crippen LogP contribution in [0.2, 0.25) is 0 Å². The minimum absolute atomic E-state index is 1.11. The van der Waals surface area contributed by atoms with Crippen LogP contribution in [-0.2, 0) is 0 Å². The fourth-order valence-electron chi connectivity index (χ4n) is 0.500. The third kappa shape index (κ3) is 2.96. The zero-order chi connectivity index (χ0) is 7.82. The molecule has 1 aromatic heterocycles. The molecule has 0 saturated carbocycles. The monoisotopic (exact) mass is 139 g/mol. The molecule has 54 valence electrons. The molecule has 0 aliphatic carbocycles. The summed E-state index contributed by atoms with van der Waals surface area (Å²) < 4.78 is 0. The van der Waals surface area contributed by atoms with Gasteiger partial charge in [0.1, 0.15) is 0 Å². The van der Waals surface area contributed by atoms with E-state index in [4.69, 9.17) is 10.5 Å². The number of rotatable bonds is 1. The van der Waals surface area contributed by atoms with Crippen molar-refractivity contribution in [2.75, 3.05) is 0 Å². The van der Waals surface area contributed by atoms with Crippen molar-refractivity contribution in [2.24, 2.45) is 0 Å². The fourth-order valence-corrected chi connectivity index (χ4v) is 0.500. The van der Waals surface area contributed by atoms with Crippen molar-refractivity contribution in [3.63, 3.8) is 0 Å². The van der Waals surface area contributed by atoms with Gasteiger partial charge in [0.05, 0.1) is 0 Å². The van der Waals surface area contributed by atoms with Crippen LogP contribution in [0.3, 0.4) is 0 Å². The standard InChI is InChI=1S/C7H7N.H2O2/c1-2-7-3-5-8-6-4-7;1-2/h2-6H,1H2;1-2H. The van der Waals surface area contributed by atoms with Crippen LogP contribution in [0.4, 0.5) is 0 Å². The molecule has 0 aromatic carbocycles. The van der Waals surface area contributed by atoms with E-state index in [0.29, 0.717) is 0 Å². The lowest BCUT2D eigenvalue weighted by molar-refractivity contribution is -0.176. The van der Waals surface area contributed by atoms with Gasteiger partial charge in [-0.2, -0.15) is 0 Å². The Morgan fingerprint density at radius 3 is 2.10 bits per heavy atom. The highest BCUT2D eigenvalue weighted by Gasteiger charge is 1.76. The largest absolute Gasteiger partial charge is 0.265 e. The van der Waals surface area contributed by atoms with Crippen molar-refractivity contribution in [3.05, 3.63) is 36.7 Å². The van der Waals surface area contributed by atoms with E-state index in [1.54, 1.807) is 18.5 Å². The number of hydrogen-bond donors (Lipinski definition) is 2. The SMILES string of the molecule is C=Cc1ccncc1.OO. The first kappa shape index (κ1) is 8.81. The predicted octanol–water partition coefficient (Wildman–Crippen LogP) is 1.74. The van der Waals surface area contributed by atoms with E-state index in [9.17, 15) is 0 Å². The van der Waals surface area contributed by atoms with E-state index < -0.39 is 0 Å². The first-order valence-corrected chi connectivity index (χ1v) is 2.66. The Balaban J connectivity index is 0.000000371. The molecule has 0 fully saturated rings. The highest BCUT2D eigenvalue weighted by molar-refractivity contribution is 5.44. The second-order valence-electron chi connectivity index (χ2n) is 1.48. The van der Waals surface area contributed by atoms with Gasteiger partial charge in [-0.15, -0.1) is 0 Å². The molecule has 0 bridgehead atoms. The third-order valence-electron chi connectivity index (χ3n) is 0.942. The van der Waals surface area contributed by atoms with E-state index in [1.807, 2.05) is 12.1 Å². The smallest absolute Gasteiger partial charge is 0.0273 e. The molecular formula is C7H9NO2. The summed E-state index contributed by atoms with van der Waals surface area (Å²) in [5, 5.41) is 12.0. The van der Waals surface area contributed by atoms with E-state index in [0.717, 1.165) is 5.56 Å².